The highest BCUT2D eigenvalue weighted by Crippen LogP contribution is 2.21. The van der Waals surface area contributed by atoms with E-state index in [-0.39, 0.29) is 27.7 Å². The number of likely N-dealkylation sites (tertiary alicyclic amines) is 1. The van der Waals surface area contributed by atoms with Crippen molar-refractivity contribution in [3.63, 3.8) is 0 Å². The summed E-state index contributed by atoms with van der Waals surface area (Å²) in [6.45, 7) is 3.31. The third kappa shape index (κ3) is 5.98. The molecule has 1 saturated heterocycles. The van der Waals surface area contributed by atoms with Crippen LogP contribution in [-0.4, -0.2) is 45.9 Å². The average molecular weight is 498 g/mol. The lowest BCUT2D eigenvalue weighted by atomic mass is 9.97. The number of benzene rings is 2. The first kappa shape index (κ1) is 23.8. The van der Waals surface area contributed by atoms with Gasteiger partial charge in [0.15, 0.2) is 0 Å². The van der Waals surface area contributed by atoms with E-state index in [0.717, 1.165) is 28.9 Å². The topological polar surface area (TPSA) is 104 Å². The van der Waals surface area contributed by atoms with Gasteiger partial charge in [0.1, 0.15) is 0 Å². The normalized spacial score (nSPS) is 15.6. The standard InChI is InChI=1S/C24H24ClN5O3S/c1-15-4-2-5-16(12-15)13-26-20(31)17-6-3-11-30(14-17)24(33)23-29-28-22(34-23)21(32)27-19-9-7-18(25)8-10-19/h2,4-5,7-10,12,17H,3,6,11,13-14H2,1H3,(H,26,31)(H,27,32)/t17-/m0/s1. The van der Waals surface area contributed by atoms with E-state index < -0.39 is 5.91 Å². The molecule has 1 aliphatic rings. The van der Waals surface area contributed by atoms with E-state index in [4.69, 9.17) is 11.6 Å². The molecule has 34 heavy (non-hydrogen) atoms. The molecular weight excluding hydrogens is 474 g/mol. The number of hydrogen-bond acceptors (Lipinski definition) is 6. The number of aryl methyl sites for hydroxylation is 1. The van der Waals surface area contributed by atoms with Crippen LogP contribution in [0.25, 0.3) is 0 Å². The van der Waals surface area contributed by atoms with Gasteiger partial charge < -0.3 is 15.5 Å². The van der Waals surface area contributed by atoms with Crippen molar-refractivity contribution in [2.24, 2.45) is 5.92 Å². The first-order valence-electron chi connectivity index (χ1n) is 10.9. The zero-order valence-electron chi connectivity index (χ0n) is 18.6. The minimum Gasteiger partial charge on any atom is -0.352 e. The van der Waals surface area contributed by atoms with Crippen LogP contribution in [0, 0.1) is 12.8 Å². The number of carbonyl (C=O) groups excluding carboxylic acids is 3. The molecule has 2 heterocycles. The number of nitrogens with zero attached hydrogens (tertiary/aromatic N) is 3. The van der Waals surface area contributed by atoms with Gasteiger partial charge >= 0.3 is 0 Å². The Bertz CT molecular complexity index is 1200. The Morgan fingerprint density at radius 2 is 1.88 bits per heavy atom. The summed E-state index contributed by atoms with van der Waals surface area (Å²) in [6.07, 6.45) is 1.44. The lowest BCUT2D eigenvalue weighted by Gasteiger charge is -2.31. The Labute approximate surface area is 206 Å². The number of hydrogen-bond donors (Lipinski definition) is 2. The second-order valence-corrected chi connectivity index (χ2v) is 9.58. The Hall–Kier alpha value is -3.30. The largest absolute Gasteiger partial charge is 0.352 e. The van der Waals surface area contributed by atoms with Gasteiger partial charge in [-0.2, -0.15) is 0 Å². The zero-order valence-corrected chi connectivity index (χ0v) is 20.2. The van der Waals surface area contributed by atoms with E-state index in [1.807, 2.05) is 31.2 Å². The Balaban J connectivity index is 1.33. The number of anilines is 1. The van der Waals surface area contributed by atoms with Crippen LogP contribution in [-0.2, 0) is 11.3 Å². The molecule has 2 aromatic carbocycles. The van der Waals surface area contributed by atoms with E-state index >= 15 is 0 Å². The quantitative estimate of drug-likeness (QED) is 0.537. The third-order valence-corrected chi connectivity index (χ3v) is 6.69. The second-order valence-electron chi connectivity index (χ2n) is 8.17. The van der Waals surface area contributed by atoms with E-state index in [1.165, 1.54) is 0 Å². The van der Waals surface area contributed by atoms with Crippen LogP contribution < -0.4 is 10.6 Å². The van der Waals surface area contributed by atoms with Crippen LogP contribution in [0.15, 0.2) is 48.5 Å². The molecule has 4 rings (SSSR count). The van der Waals surface area contributed by atoms with Crippen LogP contribution in [0.3, 0.4) is 0 Å². The maximum Gasteiger partial charge on any atom is 0.286 e. The van der Waals surface area contributed by atoms with E-state index in [0.29, 0.717) is 36.8 Å². The maximum atomic E-state index is 13.0. The molecule has 10 heteroatoms. The van der Waals surface area contributed by atoms with Gasteiger partial charge in [0, 0.05) is 30.3 Å². The maximum absolute atomic E-state index is 13.0. The van der Waals surface area contributed by atoms with Gasteiger partial charge in [0.2, 0.25) is 15.9 Å². The van der Waals surface area contributed by atoms with Gasteiger partial charge in [-0.05, 0) is 49.6 Å². The lowest BCUT2D eigenvalue weighted by Crippen LogP contribution is -2.45. The van der Waals surface area contributed by atoms with E-state index in [1.54, 1.807) is 29.2 Å². The molecule has 0 radical (unpaired) electrons. The molecule has 0 unspecified atom stereocenters. The summed E-state index contributed by atoms with van der Waals surface area (Å²) in [5.41, 5.74) is 2.74. The molecule has 3 amide bonds. The number of piperidine rings is 1. The summed E-state index contributed by atoms with van der Waals surface area (Å²) >= 11 is 6.79. The average Bonchev–Trinajstić information content (AvgIpc) is 3.34. The van der Waals surface area contributed by atoms with Crippen LogP contribution in [0.5, 0.6) is 0 Å². The van der Waals surface area contributed by atoms with Gasteiger partial charge in [-0.15, -0.1) is 10.2 Å². The summed E-state index contributed by atoms with van der Waals surface area (Å²) < 4.78 is 0. The number of rotatable bonds is 6. The fraction of sp³-hybridized carbons (Fsp3) is 0.292. The number of amides is 3. The van der Waals surface area contributed by atoms with Crippen molar-refractivity contribution >= 4 is 46.3 Å². The molecule has 8 nitrogen and oxygen atoms in total. The summed E-state index contributed by atoms with van der Waals surface area (Å²) in [5.74, 6) is -1.13. The van der Waals surface area contributed by atoms with Crippen LogP contribution in [0.1, 0.15) is 43.6 Å². The highest BCUT2D eigenvalue weighted by Gasteiger charge is 2.30. The SMILES string of the molecule is Cc1cccc(CNC(=O)[C@H]2CCCN(C(=O)c3nnc(C(=O)Nc4ccc(Cl)cc4)s3)C2)c1. The van der Waals surface area contributed by atoms with E-state index in [9.17, 15) is 14.4 Å². The lowest BCUT2D eigenvalue weighted by molar-refractivity contribution is -0.126. The fourth-order valence-corrected chi connectivity index (χ4v) is 4.62. The number of nitrogens with one attached hydrogen (secondary N) is 2. The molecule has 176 valence electrons. The van der Waals surface area contributed by atoms with Crippen molar-refractivity contribution in [2.75, 3.05) is 18.4 Å². The van der Waals surface area contributed by atoms with Crippen LogP contribution in [0.2, 0.25) is 5.02 Å². The smallest absolute Gasteiger partial charge is 0.286 e. The molecule has 1 atom stereocenters. The zero-order chi connectivity index (χ0) is 24.1. The van der Waals surface area contributed by atoms with Gasteiger partial charge in [0.25, 0.3) is 11.8 Å². The molecule has 1 aliphatic heterocycles. The summed E-state index contributed by atoms with van der Waals surface area (Å²) in [6, 6.07) is 14.6. The van der Waals surface area contributed by atoms with Crippen LogP contribution >= 0.6 is 22.9 Å². The summed E-state index contributed by atoms with van der Waals surface area (Å²) in [5, 5.41) is 14.2. The monoisotopic (exact) mass is 497 g/mol. The molecule has 2 N–H and O–H groups in total. The molecular formula is C24H24ClN5O3S. The van der Waals surface area contributed by atoms with Crippen molar-refractivity contribution in [2.45, 2.75) is 26.3 Å². The molecule has 0 aliphatic carbocycles. The van der Waals surface area contributed by atoms with Gasteiger partial charge in [0.05, 0.1) is 5.92 Å². The predicted octanol–water partition coefficient (Wildman–Crippen LogP) is 3.92. The first-order chi connectivity index (χ1) is 16.4. The van der Waals surface area contributed by atoms with Gasteiger partial charge in [-0.1, -0.05) is 52.8 Å². The Morgan fingerprint density at radius 3 is 2.65 bits per heavy atom. The molecule has 1 fully saturated rings. The molecule has 0 saturated carbocycles. The van der Waals surface area contributed by atoms with E-state index in [2.05, 4.69) is 20.8 Å². The van der Waals surface area contributed by atoms with Gasteiger partial charge in [-0.3, -0.25) is 14.4 Å². The third-order valence-electron chi connectivity index (χ3n) is 5.53. The second kappa shape index (κ2) is 10.8. The molecule has 1 aromatic heterocycles. The van der Waals surface area contributed by atoms with Crippen LogP contribution in [0.4, 0.5) is 5.69 Å². The number of halogens is 1. The number of carbonyl (C=O) groups is 3. The van der Waals surface area contributed by atoms with Crippen molar-refractivity contribution < 1.29 is 14.4 Å². The highest BCUT2D eigenvalue weighted by atomic mass is 35.5. The molecule has 3 aromatic rings. The van der Waals surface area contributed by atoms with Gasteiger partial charge in [-0.25, -0.2) is 0 Å². The molecule has 0 spiro atoms. The fourth-order valence-electron chi connectivity index (χ4n) is 3.79. The minimum atomic E-state index is -0.453. The van der Waals surface area contributed by atoms with Crippen molar-refractivity contribution in [3.8, 4) is 0 Å². The molecule has 0 bridgehead atoms. The number of aromatic nitrogens is 2. The summed E-state index contributed by atoms with van der Waals surface area (Å²) in [4.78, 5) is 39.7. The summed E-state index contributed by atoms with van der Waals surface area (Å²) in [7, 11) is 0. The Kier molecular flexibility index (Phi) is 7.54. The highest BCUT2D eigenvalue weighted by molar-refractivity contribution is 7.15. The van der Waals surface area contributed by atoms with Crippen molar-refractivity contribution in [3.05, 3.63) is 74.7 Å². The van der Waals surface area contributed by atoms with Crippen molar-refractivity contribution in [1.29, 1.82) is 0 Å². The predicted molar refractivity (Wildman–Crippen MR) is 131 cm³/mol. The van der Waals surface area contributed by atoms with Crippen molar-refractivity contribution in [1.82, 2.24) is 20.4 Å². The minimum absolute atomic E-state index is 0.0701. The first-order valence-corrected chi connectivity index (χ1v) is 12.1. The Morgan fingerprint density at radius 1 is 1.12 bits per heavy atom.